The zero-order valence-electron chi connectivity index (χ0n) is 4.38. The maximum atomic E-state index is 9.78. The van der Waals surface area contributed by atoms with E-state index >= 15 is 0 Å². The molecule has 0 fully saturated rings. The van der Waals surface area contributed by atoms with Crippen molar-refractivity contribution in [3.05, 3.63) is 0 Å². The van der Waals surface area contributed by atoms with Crippen molar-refractivity contribution in [2.24, 2.45) is 0 Å². The largest absolute Gasteiger partial charge is 0.395 e. The minimum Gasteiger partial charge on any atom is -0.395 e. The summed E-state index contributed by atoms with van der Waals surface area (Å²) < 4.78 is 9.19. The molecule has 0 amide bonds. The molecular weight excluding hydrogens is 112 g/mol. The van der Waals surface area contributed by atoms with Crippen molar-refractivity contribution < 1.29 is 13.6 Å². The van der Waals surface area contributed by atoms with Crippen molar-refractivity contribution in [1.82, 2.24) is 0 Å². The quantitative estimate of drug-likeness (QED) is 0.364. The lowest BCUT2D eigenvalue weighted by Crippen LogP contribution is -2.20. The van der Waals surface area contributed by atoms with Gasteiger partial charge in [-0.15, -0.1) is 0 Å². The van der Waals surface area contributed by atoms with Crippen molar-refractivity contribution in [2.45, 2.75) is 0 Å². The van der Waals surface area contributed by atoms with Crippen molar-refractivity contribution in [3.8, 4) is 0 Å². The van der Waals surface area contributed by atoms with Gasteiger partial charge >= 0.3 is 9.28 Å². The molecule has 3 nitrogen and oxygen atoms in total. The SMILES string of the molecule is CO[SiH](C=O)OC. The molecule has 0 aliphatic heterocycles. The van der Waals surface area contributed by atoms with Gasteiger partial charge in [-0.25, -0.2) is 0 Å². The molecule has 0 unspecified atom stereocenters. The van der Waals surface area contributed by atoms with Crippen LogP contribution in [0.15, 0.2) is 0 Å². The van der Waals surface area contributed by atoms with Gasteiger partial charge in [0.15, 0.2) is 5.91 Å². The maximum absolute atomic E-state index is 9.78. The van der Waals surface area contributed by atoms with Gasteiger partial charge in [0.05, 0.1) is 0 Å². The number of rotatable bonds is 3. The Morgan fingerprint density at radius 2 is 1.86 bits per heavy atom. The zero-order chi connectivity index (χ0) is 5.70. The van der Waals surface area contributed by atoms with Crippen LogP contribution >= 0.6 is 0 Å². The third-order valence-electron chi connectivity index (χ3n) is 0.576. The summed E-state index contributed by atoms with van der Waals surface area (Å²) >= 11 is 0. The lowest BCUT2D eigenvalue weighted by molar-refractivity contribution is 0.292. The van der Waals surface area contributed by atoms with Gasteiger partial charge in [-0.05, 0) is 0 Å². The van der Waals surface area contributed by atoms with Crippen LogP contribution in [0.3, 0.4) is 0 Å². The molecule has 0 atom stereocenters. The number of hydrogen-bond acceptors (Lipinski definition) is 3. The third kappa shape index (κ3) is 2.50. The van der Waals surface area contributed by atoms with Gasteiger partial charge in [0.2, 0.25) is 0 Å². The average Bonchev–Trinajstić information content (AvgIpc) is 1.72. The monoisotopic (exact) mass is 120 g/mol. The van der Waals surface area contributed by atoms with Crippen LogP contribution in [0.5, 0.6) is 0 Å². The highest BCUT2D eigenvalue weighted by atomic mass is 28.3. The van der Waals surface area contributed by atoms with Crippen LogP contribution in [-0.4, -0.2) is 29.4 Å². The first kappa shape index (κ1) is 6.81. The summed E-state index contributed by atoms with van der Waals surface area (Å²) in [6.45, 7) is 0. The molecule has 0 aromatic rings. The van der Waals surface area contributed by atoms with Gasteiger partial charge in [-0.1, -0.05) is 0 Å². The van der Waals surface area contributed by atoms with E-state index in [-0.39, 0.29) is 0 Å². The second kappa shape index (κ2) is 3.98. The van der Waals surface area contributed by atoms with Crippen molar-refractivity contribution in [1.29, 1.82) is 0 Å². The molecule has 0 N–H and O–H groups in total. The van der Waals surface area contributed by atoms with Crippen LogP contribution in [0.1, 0.15) is 0 Å². The lowest BCUT2D eigenvalue weighted by Gasteiger charge is -1.98. The van der Waals surface area contributed by atoms with Gasteiger partial charge in [0, 0.05) is 14.2 Å². The summed E-state index contributed by atoms with van der Waals surface area (Å²) in [5.74, 6) is 0.722. The molecule has 42 valence electrons. The second-order valence-electron chi connectivity index (χ2n) is 0.976. The van der Waals surface area contributed by atoms with E-state index in [9.17, 15) is 4.79 Å². The van der Waals surface area contributed by atoms with Crippen molar-refractivity contribution in [3.63, 3.8) is 0 Å². The van der Waals surface area contributed by atoms with E-state index in [0.717, 1.165) is 5.91 Å². The lowest BCUT2D eigenvalue weighted by atomic mass is 11.8. The van der Waals surface area contributed by atoms with E-state index in [4.69, 9.17) is 0 Å². The standard InChI is InChI=1S/C3H8O3Si/c1-5-7(3-4)6-2/h3,7H,1-2H3. The first-order valence-electron chi connectivity index (χ1n) is 1.86. The normalized spacial score (nSPS) is 9.57. The fourth-order valence-electron chi connectivity index (χ4n) is 0.207. The molecule has 0 rings (SSSR count). The van der Waals surface area contributed by atoms with Gasteiger partial charge in [-0.2, -0.15) is 0 Å². The van der Waals surface area contributed by atoms with Gasteiger partial charge in [0.25, 0.3) is 0 Å². The number of carbonyl (C=O) groups is 1. The molecule has 0 saturated carbocycles. The Balaban J connectivity index is 3.16. The molecule has 7 heavy (non-hydrogen) atoms. The highest BCUT2D eigenvalue weighted by Gasteiger charge is 2.03. The highest BCUT2D eigenvalue weighted by molar-refractivity contribution is 6.73. The van der Waals surface area contributed by atoms with Crippen LogP contribution in [0.4, 0.5) is 0 Å². The first-order valence-corrected chi connectivity index (χ1v) is 3.47. The molecule has 0 aliphatic rings. The van der Waals surface area contributed by atoms with Gasteiger partial charge < -0.3 is 13.6 Å². The Morgan fingerprint density at radius 3 is 1.86 bits per heavy atom. The fraction of sp³-hybridized carbons (Fsp3) is 0.667. The predicted molar refractivity (Wildman–Crippen MR) is 27.9 cm³/mol. The summed E-state index contributed by atoms with van der Waals surface area (Å²) in [6.07, 6.45) is 0. The topological polar surface area (TPSA) is 35.5 Å². The molecule has 0 aliphatic carbocycles. The Morgan fingerprint density at radius 1 is 1.43 bits per heavy atom. The van der Waals surface area contributed by atoms with E-state index in [0.29, 0.717) is 0 Å². The smallest absolute Gasteiger partial charge is 0.389 e. The summed E-state index contributed by atoms with van der Waals surface area (Å²) in [5, 5.41) is 0. The predicted octanol–water partition coefficient (Wildman–Crippen LogP) is -0.728. The molecule has 0 bridgehead atoms. The van der Waals surface area contributed by atoms with E-state index in [2.05, 4.69) is 8.85 Å². The Kier molecular flexibility index (Phi) is 3.87. The molecular formula is C3H8O3Si. The van der Waals surface area contributed by atoms with Crippen molar-refractivity contribution in [2.75, 3.05) is 14.2 Å². The number of hydrogen-bond donors (Lipinski definition) is 0. The van der Waals surface area contributed by atoms with Crippen LogP contribution < -0.4 is 0 Å². The van der Waals surface area contributed by atoms with E-state index in [1.807, 2.05) is 0 Å². The fourth-order valence-corrected chi connectivity index (χ4v) is 0.622. The van der Waals surface area contributed by atoms with Gasteiger partial charge in [0.1, 0.15) is 0 Å². The van der Waals surface area contributed by atoms with Crippen molar-refractivity contribution >= 4 is 15.2 Å². The molecule has 4 heteroatoms. The van der Waals surface area contributed by atoms with Gasteiger partial charge in [-0.3, -0.25) is 0 Å². The maximum Gasteiger partial charge on any atom is 0.389 e. The Hall–Kier alpha value is -0.193. The third-order valence-corrected chi connectivity index (χ3v) is 1.73. The second-order valence-corrected chi connectivity index (χ2v) is 2.93. The van der Waals surface area contributed by atoms with Crippen LogP contribution in [0.2, 0.25) is 0 Å². The first-order chi connectivity index (χ1) is 3.35. The van der Waals surface area contributed by atoms with E-state index < -0.39 is 9.28 Å². The van der Waals surface area contributed by atoms with Crippen LogP contribution in [0, 0.1) is 0 Å². The summed E-state index contributed by atoms with van der Waals surface area (Å²) in [7, 11) is 1.08. The average molecular weight is 120 g/mol. The molecule has 0 spiro atoms. The van der Waals surface area contributed by atoms with Crippen LogP contribution in [-0.2, 0) is 13.6 Å². The van der Waals surface area contributed by atoms with E-state index in [1.165, 1.54) is 14.2 Å². The number of carbonyl (C=O) groups excluding carboxylic acids is 1. The summed E-state index contributed by atoms with van der Waals surface area (Å²) in [5.41, 5.74) is 0. The Labute approximate surface area is 44.1 Å². The molecule has 0 saturated heterocycles. The minimum atomic E-state index is -1.85. The molecule has 0 aromatic carbocycles. The summed E-state index contributed by atoms with van der Waals surface area (Å²) in [6, 6.07) is 0. The summed E-state index contributed by atoms with van der Waals surface area (Å²) in [4.78, 5) is 9.78. The van der Waals surface area contributed by atoms with Crippen LogP contribution in [0.25, 0.3) is 0 Å². The zero-order valence-corrected chi connectivity index (χ0v) is 5.53. The molecule has 0 heterocycles. The highest BCUT2D eigenvalue weighted by Crippen LogP contribution is 1.74. The van der Waals surface area contributed by atoms with E-state index in [1.54, 1.807) is 0 Å². The minimum absolute atomic E-state index is 0.722. The molecule has 0 aromatic heterocycles. The molecule has 0 radical (unpaired) electrons. The Bertz CT molecular complexity index is 52.1.